The van der Waals surface area contributed by atoms with Gasteiger partial charge in [0.2, 0.25) is 5.89 Å². The summed E-state index contributed by atoms with van der Waals surface area (Å²) in [5.41, 5.74) is 1.21. The van der Waals surface area contributed by atoms with Gasteiger partial charge in [-0.05, 0) is 38.5 Å². The number of nitrogens with zero attached hydrogens (tertiary/aromatic N) is 3. The molecule has 2 aromatic rings. The molecule has 5 nitrogen and oxygen atoms in total. The number of aromatic nitrogens is 2. The lowest BCUT2D eigenvalue weighted by atomic mass is 10.1. The highest BCUT2D eigenvalue weighted by Gasteiger charge is 2.19. The van der Waals surface area contributed by atoms with Gasteiger partial charge >= 0.3 is 0 Å². The monoisotopic (exact) mass is 286 g/mol. The predicted octanol–water partition coefficient (Wildman–Crippen LogP) is 1.84. The van der Waals surface area contributed by atoms with E-state index in [4.69, 9.17) is 4.52 Å². The second-order valence-electron chi connectivity index (χ2n) is 5.66. The van der Waals surface area contributed by atoms with Gasteiger partial charge in [-0.3, -0.25) is 4.90 Å². The molecule has 112 valence electrons. The molecule has 0 spiro atoms. The number of piperidine rings is 1. The molecule has 1 aliphatic rings. The number of rotatable bonds is 5. The molecule has 0 atom stereocenters. The van der Waals surface area contributed by atoms with Gasteiger partial charge in [0.15, 0.2) is 5.82 Å². The Hall–Kier alpha value is -1.72. The van der Waals surface area contributed by atoms with Crippen molar-refractivity contribution in [3.05, 3.63) is 47.6 Å². The topological polar surface area (TPSA) is 54.2 Å². The maximum atomic E-state index is 5.38. The molecule has 21 heavy (non-hydrogen) atoms. The summed E-state index contributed by atoms with van der Waals surface area (Å²) in [5.74, 6) is 1.47. The predicted molar refractivity (Wildman–Crippen MR) is 80.9 cm³/mol. The van der Waals surface area contributed by atoms with Gasteiger partial charge in [0, 0.05) is 12.5 Å². The van der Waals surface area contributed by atoms with Crippen molar-refractivity contribution >= 4 is 0 Å². The molecule has 0 bridgehead atoms. The zero-order valence-corrected chi connectivity index (χ0v) is 12.5. The summed E-state index contributed by atoms with van der Waals surface area (Å²) in [6, 6.07) is 10.8. The average Bonchev–Trinajstić information content (AvgIpc) is 2.96. The lowest BCUT2D eigenvalue weighted by Gasteiger charge is -2.30. The maximum Gasteiger partial charge on any atom is 0.240 e. The van der Waals surface area contributed by atoms with Crippen molar-refractivity contribution in [2.45, 2.75) is 31.8 Å². The Morgan fingerprint density at radius 1 is 1.24 bits per heavy atom. The Morgan fingerprint density at radius 2 is 2.00 bits per heavy atom. The van der Waals surface area contributed by atoms with E-state index >= 15 is 0 Å². The van der Waals surface area contributed by atoms with Crippen molar-refractivity contribution in [3.63, 3.8) is 0 Å². The highest BCUT2D eigenvalue weighted by Crippen LogP contribution is 2.13. The van der Waals surface area contributed by atoms with E-state index in [2.05, 4.69) is 39.5 Å². The molecule has 0 saturated carbocycles. The van der Waals surface area contributed by atoms with Crippen LogP contribution < -0.4 is 5.32 Å². The summed E-state index contributed by atoms with van der Waals surface area (Å²) in [4.78, 5) is 6.83. The van der Waals surface area contributed by atoms with E-state index in [1.807, 2.05) is 18.2 Å². The van der Waals surface area contributed by atoms with Crippen molar-refractivity contribution in [1.29, 1.82) is 0 Å². The molecule has 0 unspecified atom stereocenters. The fraction of sp³-hybridized carbons (Fsp3) is 0.500. The third-order valence-electron chi connectivity index (χ3n) is 4.03. The lowest BCUT2D eigenvalue weighted by Crippen LogP contribution is -2.40. The Morgan fingerprint density at radius 3 is 2.76 bits per heavy atom. The minimum atomic E-state index is 0.607. The highest BCUT2D eigenvalue weighted by atomic mass is 16.5. The summed E-state index contributed by atoms with van der Waals surface area (Å²) < 4.78 is 5.38. The van der Waals surface area contributed by atoms with Crippen LogP contribution in [0.2, 0.25) is 0 Å². The molecule has 1 aromatic heterocycles. The van der Waals surface area contributed by atoms with Crippen molar-refractivity contribution in [1.82, 2.24) is 20.4 Å². The van der Waals surface area contributed by atoms with Crippen LogP contribution in [0, 0.1) is 0 Å². The van der Waals surface area contributed by atoms with Crippen LogP contribution in [0.15, 0.2) is 34.9 Å². The molecule has 0 amide bonds. The maximum absolute atomic E-state index is 5.38. The molecule has 1 aromatic carbocycles. The van der Waals surface area contributed by atoms with Crippen LogP contribution in [0.5, 0.6) is 0 Å². The molecule has 3 rings (SSSR count). The number of hydrogen-bond donors (Lipinski definition) is 1. The van der Waals surface area contributed by atoms with E-state index in [0.717, 1.165) is 31.9 Å². The normalized spacial score (nSPS) is 16.5. The first-order valence-electron chi connectivity index (χ1n) is 7.57. The summed E-state index contributed by atoms with van der Waals surface area (Å²) >= 11 is 0. The van der Waals surface area contributed by atoms with Gasteiger partial charge in [-0.25, -0.2) is 0 Å². The minimum Gasteiger partial charge on any atom is -0.338 e. The molecule has 1 fully saturated rings. The van der Waals surface area contributed by atoms with Gasteiger partial charge in [-0.15, -0.1) is 0 Å². The summed E-state index contributed by atoms with van der Waals surface area (Å²) in [5, 5.41) is 7.47. The first-order chi connectivity index (χ1) is 10.3. The van der Waals surface area contributed by atoms with Crippen molar-refractivity contribution in [3.8, 4) is 0 Å². The van der Waals surface area contributed by atoms with E-state index in [-0.39, 0.29) is 0 Å². The van der Waals surface area contributed by atoms with Gasteiger partial charge < -0.3 is 9.84 Å². The SMILES string of the molecule is CN(Cc1nc(Cc2ccccc2)no1)C1CCNCC1. The van der Waals surface area contributed by atoms with Crippen molar-refractivity contribution < 1.29 is 4.52 Å². The van der Waals surface area contributed by atoms with Gasteiger partial charge in [0.1, 0.15) is 0 Å². The molecule has 0 aliphatic carbocycles. The van der Waals surface area contributed by atoms with Crippen molar-refractivity contribution in [2.75, 3.05) is 20.1 Å². The van der Waals surface area contributed by atoms with Crippen LogP contribution in [0.1, 0.15) is 30.1 Å². The van der Waals surface area contributed by atoms with Crippen LogP contribution in [-0.2, 0) is 13.0 Å². The zero-order chi connectivity index (χ0) is 14.5. The molecule has 2 heterocycles. The molecular formula is C16H22N4O. The average molecular weight is 286 g/mol. The number of hydrogen-bond acceptors (Lipinski definition) is 5. The summed E-state index contributed by atoms with van der Waals surface area (Å²) in [7, 11) is 2.14. The largest absolute Gasteiger partial charge is 0.338 e. The molecule has 0 radical (unpaired) electrons. The molecular weight excluding hydrogens is 264 g/mol. The van der Waals surface area contributed by atoms with E-state index in [1.165, 1.54) is 18.4 Å². The fourth-order valence-electron chi connectivity index (χ4n) is 2.79. The standard InChI is InChI=1S/C16H22N4O/c1-20(14-7-9-17-10-8-14)12-16-18-15(19-21-16)11-13-5-3-2-4-6-13/h2-6,14,17H,7-12H2,1H3. The van der Waals surface area contributed by atoms with E-state index in [0.29, 0.717) is 11.9 Å². The van der Waals surface area contributed by atoms with Gasteiger partial charge in [-0.2, -0.15) is 4.98 Å². The van der Waals surface area contributed by atoms with Gasteiger partial charge in [0.25, 0.3) is 0 Å². The Kier molecular flexibility index (Phi) is 4.62. The summed E-state index contributed by atoms with van der Waals surface area (Å²) in [6.07, 6.45) is 3.09. The minimum absolute atomic E-state index is 0.607. The van der Waals surface area contributed by atoms with Crippen LogP contribution in [0.4, 0.5) is 0 Å². The second kappa shape index (κ2) is 6.83. The van der Waals surface area contributed by atoms with E-state index in [1.54, 1.807) is 0 Å². The first-order valence-corrected chi connectivity index (χ1v) is 7.57. The van der Waals surface area contributed by atoms with Gasteiger partial charge in [0.05, 0.1) is 6.54 Å². The quantitative estimate of drug-likeness (QED) is 0.909. The molecule has 5 heteroatoms. The fourth-order valence-corrected chi connectivity index (χ4v) is 2.79. The third kappa shape index (κ3) is 3.89. The number of benzene rings is 1. The van der Waals surface area contributed by atoms with Crippen molar-refractivity contribution in [2.24, 2.45) is 0 Å². The van der Waals surface area contributed by atoms with Crippen LogP contribution in [-0.4, -0.2) is 41.2 Å². The van der Waals surface area contributed by atoms with Gasteiger partial charge in [-0.1, -0.05) is 35.5 Å². The number of nitrogens with one attached hydrogen (secondary N) is 1. The van der Waals surface area contributed by atoms with Crippen LogP contribution >= 0.6 is 0 Å². The second-order valence-corrected chi connectivity index (χ2v) is 5.66. The smallest absolute Gasteiger partial charge is 0.240 e. The molecule has 1 saturated heterocycles. The third-order valence-corrected chi connectivity index (χ3v) is 4.03. The molecule has 1 aliphatic heterocycles. The Balaban J connectivity index is 1.57. The first kappa shape index (κ1) is 14.2. The lowest BCUT2D eigenvalue weighted by molar-refractivity contribution is 0.171. The van der Waals surface area contributed by atoms with E-state index in [9.17, 15) is 0 Å². The van der Waals surface area contributed by atoms with E-state index < -0.39 is 0 Å². The Labute approximate surface area is 125 Å². The summed E-state index contributed by atoms with van der Waals surface area (Å²) in [6.45, 7) is 2.92. The highest BCUT2D eigenvalue weighted by molar-refractivity contribution is 5.18. The zero-order valence-electron chi connectivity index (χ0n) is 12.5. The Bertz CT molecular complexity index is 548. The van der Waals surface area contributed by atoms with Crippen LogP contribution in [0.25, 0.3) is 0 Å². The molecule has 1 N–H and O–H groups in total. The van der Waals surface area contributed by atoms with Crippen LogP contribution in [0.3, 0.4) is 0 Å².